The average Bonchev–Trinajstić information content (AvgIpc) is 2.62. The summed E-state index contributed by atoms with van der Waals surface area (Å²) in [6.07, 6.45) is 0. The molecule has 0 aliphatic carbocycles. The molecule has 0 fully saturated rings. The van der Waals surface area contributed by atoms with Gasteiger partial charge in [0.1, 0.15) is 23.5 Å². The number of fused-ring (bicyclic) bond motifs is 1. The normalized spacial score (nSPS) is 10.7. The van der Waals surface area contributed by atoms with E-state index >= 15 is 0 Å². The zero-order valence-electron chi connectivity index (χ0n) is 13.6. The van der Waals surface area contributed by atoms with Gasteiger partial charge in [0.15, 0.2) is 0 Å². The molecule has 0 amide bonds. The summed E-state index contributed by atoms with van der Waals surface area (Å²) in [4.78, 5) is 34.3. The molecule has 0 radical (unpaired) electrons. The van der Waals surface area contributed by atoms with E-state index in [-0.39, 0.29) is 29.2 Å². The minimum Gasteiger partial charge on any atom is -0.508 e. The Labute approximate surface area is 146 Å². The number of carbonyl (C=O) groups excluding carboxylic acids is 1. The summed E-state index contributed by atoms with van der Waals surface area (Å²) >= 11 is 0. The van der Waals surface area contributed by atoms with Crippen molar-refractivity contribution in [3.05, 3.63) is 79.7 Å². The Morgan fingerprint density at radius 1 is 1.27 bits per heavy atom. The van der Waals surface area contributed by atoms with Gasteiger partial charge in [-0.25, -0.2) is 9.59 Å². The van der Waals surface area contributed by atoms with Crippen molar-refractivity contribution in [2.24, 2.45) is 0 Å². The Balaban J connectivity index is 1.94. The zero-order valence-corrected chi connectivity index (χ0v) is 13.6. The minimum absolute atomic E-state index is 0.0327. The van der Waals surface area contributed by atoms with Crippen molar-refractivity contribution in [1.29, 1.82) is 0 Å². The van der Waals surface area contributed by atoms with E-state index in [4.69, 9.17) is 9.15 Å². The number of phenols is 1. The first-order chi connectivity index (χ1) is 12.4. The van der Waals surface area contributed by atoms with Crippen LogP contribution in [0.5, 0.6) is 5.75 Å². The number of nitro benzene ring substituents is 1. The van der Waals surface area contributed by atoms with Crippen molar-refractivity contribution in [1.82, 2.24) is 0 Å². The van der Waals surface area contributed by atoms with Crippen LogP contribution in [0.4, 0.5) is 5.69 Å². The number of nitrogens with zero attached hydrogens (tertiary/aromatic N) is 1. The first-order valence-corrected chi connectivity index (χ1v) is 7.54. The maximum absolute atomic E-state index is 12.2. The van der Waals surface area contributed by atoms with Crippen molar-refractivity contribution >= 4 is 22.6 Å². The van der Waals surface area contributed by atoms with Crippen LogP contribution >= 0.6 is 0 Å². The number of nitro groups is 1. The number of ether oxygens (including phenoxy) is 1. The highest BCUT2D eigenvalue weighted by atomic mass is 16.6. The fourth-order valence-corrected chi connectivity index (χ4v) is 2.56. The van der Waals surface area contributed by atoms with Gasteiger partial charge < -0.3 is 14.3 Å². The number of hydrogen-bond acceptors (Lipinski definition) is 7. The van der Waals surface area contributed by atoms with Crippen molar-refractivity contribution < 1.29 is 24.0 Å². The first kappa shape index (κ1) is 17.2. The Morgan fingerprint density at radius 3 is 2.73 bits per heavy atom. The van der Waals surface area contributed by atoms with Gasteiger partial charge in [-0.1, -0.05) is 12.1 Å². The number of hydrogen-bond donors (Lipinski definition) is 1. The van der Waals surface area contributed by atoms with E-state index in [0.717, 1.165) is 0 Å². The SMILES string of the molecule is Cc1c(O)ccc2c(COC(=O)c3ccccc3[N+](=O)[O-])cc(=O)oc12. The molecule has 0 spiro atoms. The number of aromatic hydroxyl groups is 1. The molecule has 0 atom stereocenters. The number of aryl methyl sites for hydroxylation is 1. The molecule has 2 aromatic carbocycles. The summed E-state index contributed by atoms with van der Waals surface area (Å²) in [6.45, 7) is 1.31. The van der Waals surface area contributed by atoms with Crippen molar-refractivity contribution in [2.75, 3.05) is 0 Å². The Kier molecular flexibility index (Phi) is 4.40. The lowest BCUT2D eigenvalue weighted by atomic mass is 10.1. The molecular formula is C18H13NO7. The third-order valence-electron chi connectivity index (χ3n) is 3.90. The van der Waals surface area contributed by atoms with Gasteiger partial charge in [0.2, 0.25) is 0 Å². The molecule has 132 valence electrons. The lowest BCUT2D eigenvalue weighted by molar-refractivity contribution is -0.385. The lowest BCUT2D eigenvalue weighted by Crippen LogP contribution is -2.10. The lowest BCUT2D eigenvalue weighted by Gasteiger charge is -2.09. The summed E-state index contributed by atoms with van der Waals surface area (Å²) in [5, 5.41) is 21.2. The van der Waals surface area contributed by atoms with E-state index in [9.17, 15) is 24.8 Å². The maximum atomic E-state index is 12.2. The maximum Gasteiger partial charge on any atom is 0.345 e. The second kappa shape index (κ2) is 6.67. The fraction of sp³-hybridized carbons (Fsp3) is 0.111. The Bertz CT molecular complexity index is 1080. The summed E-state index contributed by atoms with van der Waals surface area (Å²) in [6, 6.07) is 9.57. The predicted molar refractivity (Wildman–Crippen MR) is 91.1 cm³/mol. The van der Waals surface area contributed by atoms with Crippen LogP contribution in [0.25, 0.3) is 11.0 Å². The van der Waals surface area contributed by atoms with Crippen LogP contribution in [0.15, 0.2) is 51.7 Å². The van der Waals surface area contributed by atoms with Crippen LogP contribution in [-0.2, 0) is 11.3 Å². The number of phenolic OH excluding ortho intramolecular Hbond substituents is 1. The fourth-order valence-electron chi connectivity index (χ4n) is 2.56. The third-order valence-corrected chi connectivity index (χ3v) is 3.90. The smallest absolute Gasteiger partial charge is 0.345 e. The standard InChI is InChI=1S/C18H13NO7/c1-10-15(20)7-6-12-11(8-16(21)26-17(10)12)9-25-18(22)13-4-2-3-5-14(13)19(23)24/h2-8,20H,9H2,1H3. The Hall–Kier alpha value is -3.68. The van der Waals surface area contributed by atoms with E-state index in [0.29, 0.717) is 16.5 Å². The summed E-state index contributed by atoms with van der Waals surface area (Å²) in [5.41, 5.74) is -0.274. The molecule has 1 heterocycles. The van der Waals surface area contributed by atoms with E-state index in [1.807, 2.05) is 0 Å². The van der Waals surface area contributed by atoms with Crippen LogP contribution in [0, 0.1) is 17.0 Å². The highest BCUT2D eigenvalue weighted by Gasteiger charge is 2.21. The van der Waals surface area contributed by atoms with Gasteiger partial charge in [0, 0.05) is 28.6 Å². The number of rotatable bonds is 4. The molecule has 3 rings (SSSR count). The van der Waals surface area contributed by atoms with E-state index < -0.39 is 16.5 Å². The number of carbonyl (C=O) groups is 1. The van der Waals surface area contributed by atoms with Gasteiger partial charge in [-0.3, -0.25) is 10.1 Å². The van der Waals surface area contributed by atoms with Crippen molar-refractivity contribution in [2.45, 2.75) is 13.5 Å². The molecule has 0 unspecified atom stereocenters. The van der Waals surface area contributed by atoms with E-state index in [1.165, 1.54) is 42.5 Å². The zero-order chi connectivity index (χ0) is 18.8. The molecule has 8 heteroatoms. The molecule has 0 aliphatic rings. The molecule has 1 N–H and O–H groups in total. The molecule has 0 aliphatic heterocycles. The highest BCUT2D eigenvalue weighted by Crippen LogP contribution is 2.28. The molecule has 3 aromatic rings. The Morgan fingerprint density at radius 2 is 2.00 bits per heavy atom. The van der Waals surface area contributed by atoms with Gasteiger partial charge >= 0.3 is 11.6 Å². The third kappa shape index (κ3) is 3.12. The van der Waals surface area contributed by atoms with Crippen LogP contribution in [0.2, 0.25) is 0 Å². The van der Waals surface area contributed by atoms with Crippen molar-refractivity contribution in [3.63, 3.8) is 0 Å². The molecule has 0 bridgehead atoms. The molecule has 26 heavy (non-hydrogen) atoms. The van der Waals surface area contributed by atoms with E-state index in [2.05, 4.69) is 0 Å². The first-order valence-electron chi connectivity index (χ1n) is 7.54. The van der Waals surface area contributed by atoms with E-state index in [1.54, 1.807) is 6.92 Å². The van der Waals surface area contributed by atoms with Crippen molar-refractivity contribution in [3.8, 4) is 5.75 Å². The quantitative estimate of drug-likeness (QED) is 0.330. The second-order valence-electron chi connectivity index (χ2n) is 5.53. The largest absolute Gasteiger partial charge is 0.508 e. The summed E-state index contributed by atoms with van der Waals surface area (Å²) in [7, 11) is 0. The van der Waals surface area contributed by atoms with Gasteiger partial charge in [0.25, 0.3) is 5.69 Å². The average molecular weight is 355 g/mol. The molecular weight excluding hydrogens is 342 g/mol. The predicted octanol–water partition coefficient (Wildman–Crippen LogP) is 3.07. The number of esters is 1. The summed E-state index contributed by atoms with van der Waals surface area (Å²) < 4.78 is 10.3. The van der Waals surface area contributed by atoms with Gasteiger partial charge in [-0.05, 0) is 25.1 Å². The van der Waals surface area contributed by atoms with Gasteiger partial charge in [-0.2, -0.15) is 0 Å². The topological polar surface area (TPSA) is 120 Å². The number of para-hydroxylation sites is 1. The second-order valence-corrected chi connectivity index (χ2v) is 5.53. The van der Waals surface area contributed by atoms with Gasteiger partial charge in [0.05, 0.1) is 4.92 Å². The molecule has 1 aromatic heterocycles. The molecule has 8 nitrogen and oxygen atoms in total. The van der Waals surface area contributed by atoms with Crippen LogP contribution in [0.3, 0.4) is 0 Å². The monoisotopic (exact) mass is 355 g/mol. The van der Waals surface area contributed by atoms with Crippen LogP contribution < -0.4 is 5.63 Å². The van der Waals surface area contributed by atoms with Crippen LogP contribution in [-0.4, -0.2) is 16.0 Å². The van der Waals surface area contributed by atoms with Crippen LogP contribution in [0.1, 0.15) is 21.5 Å². The van der Waals surface area contributed by atoms with Gasteiger partial charge in [-0.15, -0.1) is 0 Å². The molecule has 0 saturated heterocycles. The number of benzene rings is 2. The minimum atomic E-state index is -0.880. The summed E-state index contributed by atoms with van der Waals surface area (Å²) in [5.74, 6) is -0.913. The highest BCUT2D eigenvalue weighted by molar-refractivity contribution is 5.94. The molecule has 0 saturated carbocycles.